The molecular formula is C17H20ClN3O2. The fraction of sp³-hybridized carbons (Fsp3) is 0.529. The van der Waals surface area contributed by atoms with Gasteiger partial charge in [-0.1, -0.05) is 29.8 Å². The van der Waals surface area contributed by atoms with Gasteiger partial charge in [0, 0.05) is 30.7 Å². The molecule has 122 valence electrons. The number of carbonyl (C=O) groups excluding carboxylic acids is 2. The summed E-state index contributed by atoms with van der Waals surface area (Å²) in [6.07, 6.45) is 2.45. The summed E-state index contributed by atoms with van der Waals surface area (Å²) in [7, 11) is 0. The minimum absolute atomic E-state index is 0.133. The van der Waals surface area contributed by atoms with Gasteiger partial charge < -0.3 is 15.1 Å². The molecule has 3 aliphatic heterocycles. The van der Waals surface area contributed by atoms with Crippen molar-refractivity contribution in [2.45, 2.75) is 43.9 Å². The highest BCUT2D eigenvalue weighted by Gasteiger charge is 2.51. The third kappa shape index (κ3) is 2.52. The Hall–Kier alpha value is -1.59. The second-order valence-electron chi connectivity index (χ2n) is 6.60. The molecular weight excluding hydrogens is 314 g/mol. The molecule has 0 unspecified atom stereocenters. The summed E-state index contributed by atoms with van der Waals surface area (Å²) >= 11 is 6.18. The van der Waals surface area contributed by atoms with Crippen molar-refractivity contribution in [3.05, 3.63) is 34.9 Å². The molecule has 0 saturated carbocycles. The topological polar surface area (TPSA) is 52.7 Å². The maximum Gasteiger partial charge on any atom is 0.246 e. The maximum atomic E-state index is 12.6. The van der Waals surface area contributed by atoms with Crippen molar-refractivity contribution in [1.29, 1.82) is 0 Å². The zero-order valence-electron chi connectivity index (χ0n) is 12.9. The number of nitrogens with zero attached hydrogens (tertiary/aromatic N) is 2. The molecule has 0 radical (unpaired) electrons. The van der Waals surface area contributed by atoms with Gasteiger partial charge in [0.25, 0.3) is 0 Å². The van der Waals surface area contributed by atoms with Crippen LogP contribution >= 0.6 is 11.6 Å². The molecule has 0 aromatic heterocycles. The second-order valence-corrected chi connectivity index (χ2v) is 7.01. The highest BCUT2D eigenvalue weighted by atomic mass is 35.5. The van der Waals surface area contributed by atoms with Crippen LogP contribution in [0.3, 0.4) is 0 Å². The number of fused-ring (bicyclic) bond motifs is 2. The van der Waals surface area contributed by atoms with E-state index in [0.29, 0.717) is 19.5 Å². The van der Waals surface area contributed by atoms with Crippen LogP contribution in [0.2, 0.25) is 5.02 Å². The van der Waals surface area contributed by atoms with E-state index in [4.69, 9.17) is 11.6 Å². The van der Waals surface area contributed by atoms with E-state index in [2.05, 4.69) is 5.32 Å². The van der Waals surface area contributed by atoms with Crippen molar-refractivity contribution in [3.8, 4) is 0 Å². The molecule has 1 aromatic rings. The van der Waals surface area contributed by atoms with Crippen molar-refractivity contribution in [2.24, 2.45) is 0 Å². The van der Waals surface area contributed by atoms with Gasteiger partial charge in [-0.25, -0.2) is 0 Å². The Bertz CT molecular complexity index is 620. The third-order valence-corrected chi connectivity index (χ3v) is 5.60. The molecule has 3 fully saturated rings. The average molecular weight is 334 g/mol. The fourth-order valence-corrected chi connectivity index (χ4v) is 4.23. The smallest absolute Gasteiger partial charge is 0.246 e. The van der Waals surface area contributed by atoms with Crippen LogP contribution < -0.4 is 5.32 Å². The standard InChI is InChI=1S/C17H20ClN3O2/c18-13-5-2-1-4-11(13)9-19-12-8-15-17(23)20-7-3-6-14(20)16(22)21(15)10-12/h1-2,4-5,12,14-15,19H,3,6-10H2/t12-,14+,15-/m0/s1. The van der Waals surface area contributed by atoms with E-state index < -0.39 is 0 Å². The first-order valence-corrected chi connectivity index (χ1v) is 8.60. The summed E-state index contributed by atoms with van der Waals surface area (Å²) < 4.78 is 0. The Morgan fingerprint density at radius 3 is 2.74 bits per heavy atom. The first kappa shape index (κ1) is 15.0. The molecule has 4 rings (SSSR count). The number of rotatable bonds is 3. The normalized spacial score (nSPS) is 29.9. The molecule has 3 saturated heterocycles. The zero-order valence-corrected chi connectivity index (χ0v) is 13.6. The summed E-state index contributed by atoms with van der Waals surface area (Å²) in [5.41, 5.74) is 1.04. The van der Waals surface area contributed by atoms with E-state index >= 15 is 0 Å². The van der Waals surface area contributed by atoms with E-state index in [1.807, 2.05) is 24.3 Å². The molecule has 23 heavy (non-hydrogen) atoms. The molecule has 0 bridgehead atoms. The molecule has 3 aliphatic rings. The number of amides is 2. The van der Waals surface area contributed by atoms with Gasteiger partial charge in [-0.2, -0.15) is 0 Å². The van der Waals surface area contributed by atoms with Crippen LogP contribution in [0.25, 0.3) is 0 Å². The molecule has 2 amide bonds. The molecule has 5 nitrogen and oxygen atoms in total. The van der Waals surface area contributed by atoms with Gasteiger partial charge in [0.2, 0.25) is 11.8 Å². The van der Waals surface area contributed by atoms with Crippen molar-refractivity contribution in [1.82, 2.24) is 15.1 Å². The monoisotopic (exact) mass is 333 g/mol. The summed E-state index contributed by atoms with van der Waals surface area (Å²) in [5.74, 6) is 0.267. The lowest BCUT2D eigenvalue weighted by Gasteiger charge is -2.38. The van der Waals surface area contributed by atoms with Crippen LogP contribution in [-0.2, 0) is 16.1 Å². The van der Waals surface area contributed by atoms with Crippen molar-refractivity contribution >= 4 is 23.4 Å². The Morgan fingerprint density at radius 1 is 1.13 bits per heavy atom. The van der Waals surface area contributed by atoms with Gasteiger partial charge in [0.15, 0.2) is 0 Å². The minimum Gasteiger partial charge on any atom is -0.329 e. The minimum atomic E-state index is -0.277. The summed E-state index contributed by atoms with van der Waals surface area (Å²) in [5, 5.41) is 4.19. The number of nitrogens with one attached hydrogen (secondary N) is 1. The van der Waals surface area contributed by atoms with Crippen LogP contribution in [0.5, 0.6) is 0 Å². The van der Waals surface area contributed by atoms with Crippen molar-refractivity contribution in [3.63, 3.8) is 0 Å². The number of hydrogen-bond donors (Lipinski definition) is 1. The zero-order chi connectivity index (χ0) is 16.0. The van der Waals surface area contributed by atoms with Gasteiger partial charge in [0.05, 0.1) is 0 Å². The van der Waals surface area contributed by atoms with E-state index in [1.54, 1.807) is 9.80 Å². The first-order valence-electron chi connectivity index (χ1n) is 8.23. The summed E-state index contributed by atoms with van der Waals surface area (Å²) in [6.45, 7) is 2.00. The first-order chi connectivity index (χ1) is 11.1. The molecule has 0 aliphatic carbocycles. The van der Waals surface area contributed by atoms with Crippen LogP contribution in [0.4, 0.5) is 0 Å². The lowest BCUT2D eigenvalue weighted by molar-refractivity contribution is -0.156. The molecule has 1 aromatic carbocycles. The van der Waals surface area contributed by atoms with Gasteiger partial charge in [-0.05, 0) is 30.9 Å². The molecule has 0 spiro atoms. The van der Waals surface area contributed by atoms with Gasteiger partial charge in [0.1, 0.15) is 12.1 Å². The average Bonchev–Trinajstić information content (AvgIpc) is 3.19. The lowest BCUT2D eigenvalue weighted by Crippen LogP contribution is -2.60. The number of halogens is 1. The largest absolute Gasteiger partial charge is 0.329 e. The predicted octanol–water partition coefficient (Wildman–Crippen LogP) is 1.40. The Balaban J connectivity index is 1.44. The van der Waals surface area contributed by atoms with Crippen molar-refractivity contribution in [2.75, 3.05) is 13.1 Å². The lowest BCUT2D eigenvalue weighted by atomic mass is 10.1. The second kappa shape index (κ2) is 5.80. The molecule has 3 atom stereocenters. The highest BCUT2D eigenvalue weighted by Crippen LogP contribution is 2.32. The maximum absolute atomic E-state index is 12.6. The Labute approximate surface area is 140 Å². The summed E-state index contributed by atoms with van der Waals surface area (Å²) in [4.78, 5) is 28.8. The number of hydrogen-bond acceptors (Lipinski definition) is 3. The number of piperazine rings is 1. The van der Waals surface area contributed by atoms with Gasteiger partial charge >= 0.3 is 0 Å². The predicted molar refractivity (Wildman–Crippen MR) is 86.9 cm³/mol. The van der Waals surface area contributed by atoms with Gasteiger partial charge in [-0.15, -0.1) is 0 Å². The van der Waals surface area contributed by atoms with E-state index in [1.165, 1.54) is 0 Å². The van der Waals surface area contributed by atoms with E-state index in [-0.39, 0.29) is 29.9 Å². The molecule has 1 N–H and O–H groups in total. The number of carbonyl (C=O) groups is 2. The van der Waals surface area contributed by atoms with E-state index in [9.17, 15) is 9.59 Å². The fourth-order valence-electron chi connectivity index (χ4n) is 4.03. The Morgan fingerprint density at radius 2 is 1.91 bits per heavy atom. The summed E-state index contributed by atoms with van der Waals surface area (Å²) in [6, 6.07) is 7.39. The molecule has 3 heterocycles. The van der Waals surface area contributed by atoms with Crippen LogP contribution in [0.1, 0.15) is 24.8 Å². The van der Waals surface area contributed by atoms with Gasteiger partial charge in [-0.3, -0.25) is 9.59 Å². The Kier molecular flexibility index (Phi) is 3.77. The van der Waals surface area contributed by atoms with Crippen molar-refractivity contribution < 1.29 is 9.59 Å². The highest BCUT2D eigenvalue weighted by molar-refractivity contribution is 6.31. The van der Waals surface area contributed by atoms with Crippen LogP contribution in [0.15, 0.2) is 24.3 Å². The van der Waals surface area contributed by atoms with Crippen LogP contribution in [0, 0.1) is 0 Å². The van der Waals surface area contributed by atoms with Crippen LogP contribution in [-0.4, -0.2) is 52.8 Å². The SMILES string of the molecule is O=C1[C@@H]2C[C@H](NCc3ccccc3Cl)CN2C(=O)[C@H]2CCCN12. The quantitative estimate of drug-likeness (QED) is 0.910. The van der Waals surface area contributed by atoms with E-state index in [0.717, 1.165) is 30.0 Å². The third-order valence-electron chi connectivity index (χ3n) is 5.23. The number of benzene rings is 1. The molecule has 6 heteroatoms.